The van der Waals surface area contributed by atoms with Gasteiger partial charge in [0.25, 0.3) is 0 Å². The van der Waals surface area contributed by atoms with E-state index in [0.717, 1.165) is 0 Å². The lowest BCUT2D eigenvalue weighted by atomic mass is 9.76. The zero-order chi connectivity index (χ0) is 14.5. The fourth-order valence-corrected chi connectivity index (χ4v) is 3.24. The summed E-state index contributed by atoms with van der Waals surface area (Å²) in [6.45, 7) is 0. The zero-order valence-corrected chi connectivity index (χ0v) is 12.6. The third-order valence-corrected chi connectivity index (χ3v) is 4.17. The molecule has 10 heteroatoms. The Morgan fingerprint density at radius 2 is 0.722 bits per heavy atom. The van der Waals surface area contributed by atoms with Crippen LogP contribution < -0.4 is 0 Å². The van der Waals surface area contributed by atoms with Crippen LogP contribution in [0, 0.1) is 11.8 Å². The quantitative estimate of drug-likeness (QED) is 0.290. The maximum absolute atomic E-state index is 13.3. The number of halogens is 10. The van der Waals surface area contributed by atoms with Gasteiger partial charge in [-0.2, -0.15) is 17.6 Å². The molecule has 0 saturated heterocycles. The Bertz CT molecular complexity index is 254. The first-order chi connectivity index (χ1) is 7.89. The van der Waals surface area contributed by atoms with E-state index in [4.69, 9.17) is 0 Å². The van der Waals surface area contributed by atoms with Gasteiger partial charge in [0.1, 0.15) is 36.5 Å². The maximum Gasteiger partial charge on any atom is 0.305 e. The summed E-state index contributed by atoms with van der Waals surface area (Å²) in [5.41, 5.74) is 0. The number of rotatable bonds is 2. The predicted octanol–water partition coefficient (Wildman–Crippen LogP) is 4.64. The fourth-order valence-electron chi connectivity index (χ4n) is 1.87. The summed E-state index contributed by atoms with van der Waals surface area (Å²) < 4.78 is 96.7. The smallest absolute Gasteiger partial charge is 0.244 e. The van der Waals surface area contributed by atoms with Crippen molar-refractivity contribution < 1.29 is 35.1 Å². The Morgan fingerprint density at radius 1 is 0.556 bits per heavy atom. The third-order valence-electron chi connectivity index (χ3n) is 2.74. The predicted molar refractivity (Wildman–Crippen MR) is 64.5 cm³/mol. The lowest BCUT2D eigenvalue weighted by Gasteiger charge is -2.42. The highest BCUT2D eigenvalue weighted by atomic mass is 127. The molecule has 18 heavy (non-hydrogen) atoms. The monoisotopic (exact) mass is 508 g/mol. The highest BCUT2D eigenvalue weighted by molar-refractivity contribution is 14.1. The van der Waals surface area contributed by atoms with Crippen molar-refractivity contribution in [2.75, 3.05) is 0 Å². The van der Waals surface area contributed by atoms with E-state index < -0.39 is 44.4 Å². The van der Waals surface area contributed by atoms with E-state index in [0.29, 0.717) is 45.2 Å². The lowest BCUT2D eigenvalue weighted by molar-refractivity contribution is -0.164. The van der Waals surface area contributed by atoms with Crippen LogP contribution in [-0.2, 0) is 0 Å². The van der Waals surface area contributed by atoms with Crippen LogP contribution >= 0.6 is 45.2 Å². The first-order valence-electron chi connectivity index (χ1n) is 4.58. The van der Waals surface area contributed by atoms with Gasteiger partial charge < -0.3 is 0 Å². The molecule has 0 heterocycles. The Labute approximate surface area is 124 Å². The average molecular weight is 508 g/mol. The van der Waals surface area contributed by atoms with E-state index in [-0.39, 0.29) is 0 Å². The van der Waals surface area contributed by atoms with E-state index in [1.807, 2.05) is 0 Å². The van der Waals surface area contributed by atoms with Crippen LogP contribution in [0.1, 0.15) is 0 Å². The van der Waals surface area contributed by atoms with Crippen molar-refractivity contribution in [3.63, 3.8) is 0 Å². The number of alkyl halides is 10. The van der Waals surface area contributed by atoms with Crippen LogP contribution in [0.15, 0.2) is 0 Å². The van der Waals surface area contributed by atoms with E-state index in [2.05, 4.69) is 0 Å². The number of hydrogen-bond acceptors (Lipinski definition) is 0. The molecule has 0 amide bonds. The van der Waals surface area contributed by atoms with Crippen molar-refractivity contribution in [3.8, 4) is 0 Å². The van der Waals surface area contributed by atoms with E-state index >= 15 is 0 Å². The van der Waals surface area contributed by atoms with Crippen LogP contribution in [0.5, 0.6) is 0 Å². The molecule has 0 radical (unpaired) electrons. The molecule has 1 aliphatic carbocycles. The van der Waals surface area contributed by atoms with Crippen molar-refractivity contribution in [1.29, 1.82) is 0 Å². The molecule has 1 rings (SSSR count). The molecule has 0 nitrogen and oxygen atoms in total. The summed E-state index contributed by atoms with van der Waals surface area (Å²) >= 11 is 0.677. The van der Waals surface area contributed by atoms with Gasteiger partial charge in [-0.05, 0) is 45.2 Å². The summed E-state index contributed by atoms with van der Waals surface area (Å²) in [6, 6.07) is 0. The van der Waals surface area contributed by atoms with Gasteiger partial charge in [-0.25, -0.2) is 17.6 Å². The van der Waals surface area contributed by atoms with E-state index in [1.54, 1.807) is 0 Å². The van der Waals surface area contributed by atoms with E-state index in [1.165, 1.54) is 0 Å². The van der Waals surface area contributed by atoms with Crippen molar-refractivity contribution in [3.05, 3.63) is 0 Å². The normalized spacial score (nSPS) is 43.0. The zero-order valence-electron chi connectivity index (χ0n) is 8.24. The molecular weight excluding hydrogens is 502 g/mol. The van der Waals surface area contributed by atoms with Gasteiger partial charge in [-0.1, -0.05) is 0 Å². The van der Waals surface area contributed by atoms with Gasteiger partial charge in [0.05, 0.1) is 0 Å². The van der Waals surface area contributed by atoms with Crippen LogP contribution in [-0.4, -0.2) is 32.5 Å². The van der Waals surface area contributed by atoms with Crippen LogP contribution in [0.3, 0.4) is 0 Å². The summed E-state index contributed by atoms with van der Waals surface area (Å²) in [5.74, 6) is -5.84. The van der Waals surface area contributed by atoms with Crippen molar-refractivity contribution in [2.45, 2.75) is 32.5 Å². The van der Waals surface area contributed by atoms with Gasteiger partial charge in [0, 0.05) is 0 Å². The molecule has 1 saturated carbocycles. The second kappa shape index (κ2) is 5.35. The largest absolute Gasteiger partial charge is 0.305 e. The lowest BCUT2D eigenvalue weighted by Crippen LogP contribution is -2.59. The third kappa shape index (κ3) is 3.14. The minimum absolute atomic E-state index is 0.338. The molecule has 0 aliphatic heterocycles. The SMILES string of the molecule is FC1C(F)C(C(F)(F)I)C(F)C(F)C1C(F)(F)I. The van der Waals surface area contributed by atoms with Gasteiger partial charge in [0.15, 0.2) is 0 Å². The molecule has 0 aromatic heterocycles. The van der Waals surface area contributed by atoms with Crippen LogP contribution in [0.25, 0.3) is 0 Å². The maximum atomic E-state index is 13.3. The second-order valence-corrected chi connectivity index (χ2v) is 6.79. The van der Waals surface area contributed by atoms with Gasteiger partial charge in [0.2, 0.25) is 0 Å². The molecule has 0 aromatic carbocycles. The second-order valence-electron chi connectivity index (χ2n) is 3.91. The standard InChI is InChI=1S/C8H6F8I2/c9-3-1(7(13,14)17)4(10)6(12)2(5(3)11)8(15,16)18/h1-6H. The average Bonchev–Trinajstić information content (AvgIpc) is 2.10. The molecule has 4 unspecified atom stereocenters. The van der Waals surface area contributed by atoms with Crippen molar-refractivity contribution in [1.82, 2.24) is 0 Å². The minimum Gasteiger partial charge on any atom is -0.244 e. The Balaban J connectivity index is 3.11. The molecule has 0 spiro atoms. The topological polar surface area (TPSA) is 0 Å². The molecule has 1 aliphatic rings. The first kappa shape index (κ1) is 17.0. The molecular formula is C8H6F8I2. The van der Waals surface area contributed by atoms with Crippen molar-refractivity contribution in [2.24, 2.45) is 11.8 Å². The summed E-state index contributed by atoms with van der Waals surface area (Å²) in [5, 5.41) is 0. The van der Waals surface area contributed by atoms with Gasteiger partial charge in [-0.3, -0.25) is 0 Å². The molecule has 0 bridgehead atoms. The summed E-state index contributed by atoms with van der Waals surface area (Å²) in [6.07, 6.45) is -12.8. The molecule has 0 aromatic rings. The molecule has 108 valence electrons. The van der Waals surface area contributed by atoms with E-state index in [9.17, 15) is 35.1 Å². The minimum atomic E-state index is -4.07. The van der Waals surface area contributed by atoms with Crippen molar-refractivity contribution >= 4 is 45.2 Å². The van der Waals surface area contributed by atoms with Gasteiger partial charge in [-0.15, -0.1) is 0 Å². The van der Waals surface area contributed by atoms with Crippen LogP contribution in [0.2, 0.25) is 0 Å². The first-order valence-corrected chi connectivity index (χ1v) is 6.74. The highest BCUT2D eigenvalue weighted by Gasteiger charge is 2.65. The van der Waals surface area contributed by atoms with Gasteiger partial charge >= 0.3 is 7.86 Å². The fraction of sp³-hybridized carbons (Fsp3) is 1.00. The highest BCUT2D eigenvalue weighted by Crippen LogP contribution is 2.52. The Kier molecular flexibility index (Phi) is 5.04. The molecule has 1 fully saturated rings. The Hall–Kier alpha value is 0.900. The molecule has 0 N–H and O–H groups in total. The number of hydrogen-bond donors (Lipinski definition) is 0. The Morgan fingerprint density at radius 3 is 0.833 bits per heavy atom. The summed E-state index contributed by atoms with van der Waals surface area (Å²) in [7, 11) is 0. The van der Waals surface area contributed by atoms with Crippen LogP contribution in [0.4, 0.5) is 35.1 Å². The summed E-state index contributed by atoms with van der Waals surface area (Å²) in [4.78, 5) is 0. The molecule has 4 atom stereocenters.